The van der Waals surface area contributed by atoms with Crippen molar-refractivity contribution in [3.8, 4) is 0 Å². The minimum atomic E-state index is -3.92. The van der Waals surface area contributed by atoms with Crippen LogP contribution in [-0.4, -0.2) is 26.9 Å². The molecular weight excluding hydrogens is 384 g/mol. The van der Waals surface area contributed by atoms with Crippen LogP contribution in [0.15, 0.2) is 47.4 Å². The Balaban J connectivity index is 2.46. The molecule has 27 heavy (non-hydrogen) atoms. The number of amides is 1. The number of halogens is 1. The topological polar surface area (TPSA) is 66.5 Å². The van der Waals surface area contributed by atoms with Gasteiger partial charge in [0, 0.05) is 11.1 Å². The smallest absolute Gasteiger partial charge is 0.264 e. The Morgan fingerprint density at radius 2 is 1.78 bits per heavy atom. The molecule has 0 saturated carbocycles. The molecule has 0 heterocycles. The van der Waals surface area contributed by atoms with Crippen LogP contribution in [-0.2, 0) is 14.8 Å². The highest BCUT2D eigenvalue weighted by Gasteiger charge is 2.27. The van der Waals surface area contributed by atoms with Crippen molar-refractivity contribution in [1.29, 1.82) is 0 Å². The van der Waals surface area contributed by atoms with Crippen molar-refractivity contribution >= 4 is 33.2 Å². The van der Waals surface area contributed by atoms with Crippen molar-refractivity contribution in [1.82, 2.24) is 5.32 Å². The number of sulfonamides is 1. The summed E-state index contributed by atoms with van der Waals surface area (Å²) in [5.74, 6) is -0.364. The van der Waals surface area contributed by atoms with Crippen LogP contribution in [0.4, 0.5) is 5.69 Å². The Kier molecular flexibility index (Phi) is 6.89. The van der Waals surface area contributed by atoms with Gasteiger partial charge in [-0.05, 0) is 57.0 Å². The van der Waals surface area contributed by atoms with Gasteiger partial charge in [0.25, 0.3) is 10.0 Å². The molecule has 5 nitrogen and oxygen atoms in total. The van der Waals surface area contributed by atoms with E-state index in [1.807, 2.05) is 27.7 Å². The van der Waals surface area contributed by atoms with Crippen molar-refractivity contribution in [3.05, 3.63) is 58.6 Å². The molecule has 0 saturated heterocycles. The molecule has 0 aliphatic heterocycles. The van der Waals surface area contributed by atoms with Crippen molar-refractivity contribution in [2.24, 2.45) is 0 Å². The van der Waals surface area contributed by atoms with Crippen LogP contribution in [0.5, 0.6) is 0 Å². The fraction of sp³-hybridized carbons (Fsp3) is 0.350. The van der Waals surface area contributed by atoms with E-state index >= 15 is 0 Å². The van der Waals surface area contributed by atoms with Gasteiger partial charge in [0.05, 0.1) is 10.6 Å². The van der Waals surface area contributed by atoms with Crippen LogP contribution in [0.1, 0.15) is 31.4 Å². The molecule has 0 radical (unpaired) electrons. The summed E-state index contributed by atoms with van der Waals surface area (Å²) in [5.41, 5.74) is 2.14. The Hall–Kier alpha value is -2.05. The monoisotopic (exact) mass is 408 g/mol. The second-order valence-corrected chi connectivity index (χ2v) is 8.90. The summed E-state index contributed by atoms with van der Waals surface area (Å²) >= 11 is 6.20. The quantitative estimate of drug-likeness (QED) is 0.751. The summed E-state index contributed by atoms with van der Waals surface area (Å²) in [7, 11) is -3.92. The van der Waals surface area contributed by atoms with Gasteiger partial charge in [-0.15, -0.1) is 0 Å². The molecule has 1 amide bonds. The van der Waals surface area contributed by atoms with E-state index in [1.165, 1.54) is 0 Å². The Morgan fingerprint density at radius 3 is 2.33 bits per heavy atom. The summed E-state index contributed by atoms with van der Waals surface area (Å²) in [6.45, 7) is 7.22. The number of carbonyl (C=O) groups excluding carboxylic acids is 1. The zero-order valence-corrected chi connectivity index (χ0v) is 17.6. The summed E-state index contributed by atoms with van der Waals surface area (Å²) in [4.78, 5) is 12.6. The molecule has 1 atom stereocenters. The van der Waals surface area contributed by atoms with Gasteiger partial charge in [-0.2, -0.15) is 0 Å². The first kappa shape index (κ1) is 21.3. The number of nitrogens with zero attached hydrogens (tertiary/aromatic N) is 1. The van der Waals surface area contributed by atoms with Gasteiger partial charge in [-0.1, -0.05) is 42.3 Å². The summed E-state index contributed by atoms with van der Waals surface area (Å²) < 4.78 is 27.6. The minimum Gasteiger partial charge on any atom is -0.352 e. The van der Waals surface area contributed by atoms with Crippen molar-refractivity contribution in [2.45, 2.75) is 45.1 Å². The fourth-order valence-corrected chi connectivity index (χ4v) is 4.03. The zero-order valence-electron chi connectivity index (χ0n) is 16.0. The van der Waals surface area contributed by atoms with E-state index in [1.54, 1.807) is 42.5 Å². The zero-order chi connectivity index (χ0) is 20.2. The normalized spacial score (nSPS) is 12.5. The van der Waals surface area contributed by atoms with Gasteiger partial charge in [0.15, 0.2) is 0 Å². The van der Waals surface area contributed by atoms with Crippen LogP contribution >= 0.6 is 11.6 Å². The molecule has 0 fully saturated rings. The lowest BCUT2D eigenvalue weighted by Gasteiger charge is -2.25. The summed E-state index contributed by atoms with van der Waals surface area (Å²) in [6.07, 6.45) is 0.757. The second-order valence-electron chi connectivity index (χ2n) is 6.64. The van der Waals surface area contributed by atoms with E-state index in [4.69, 9.17) is 11.6 Å². The highest BCUT2D eigenvalue weighted by Crippen LogP contribution is 2.28. The highest BCUT2D eigenvalue weighted by atomic mass is 35.5. The number of rotatable bonds is 7. The molecule has 0 unspecified atom stereocenters. The molecule has 0 spiro atoms. The molecule has 0 aliphatic carbocycles. The standard InChI is InChI=1S/C20H25ClN2O3S/c1-5-16(4)22-20(24)13-23(17-9-8-15(3)19(21)12-17)27(25,26)18-10-6-14(2)7-11-18/h6-12,16H,5,13H2,1-4H3,(H,22,24)/t16-/m0/s1. The van der Waals surface area contributed by atoms with Crippen molar-refractivity contribution < 1.29 is 13.2 Å². The number of nitrogens with one attached hydrogen (secondary N) is 1. The number of hydrogen-bond acceptors (Lipinski definition) is 3. The minimum absolute atomic E-state index is 0.0389. The third-order valence-electron chi connectivity index (χ3n) is 4.36. The molecular formula is C20H25ClN2O3S. The number of aryl methyl sites for hydroxylation is 2. The molecule has 0 aliphatic rings. The van der Waals surface area contributed by atoms with E-state index in [0.29, 0.717) is 10.7 Å². The number of anilines is 1. The van der Waals surface area contributed by atoms with E-state index in [-0.39, 0.29) is 23.4 Å². The predicted molar refractivity (Wildman–Crippen MR) is 110 cm³/mol. The fourth-order valence-electron chi connectivity index (χ4n) is 2.44. The van der Waals surface area contributed by atoms with E-state index in [2.05, 4.69) is 5.32 Å². The average Bonchev–Trinajstić information content (AvgIpc) is 2.62. The first-order chi connectivity index (χ1) is 12.6. The van der Waals surface area contributed by atoms with Gasteiger partial charge in [-0.3, -0.25) is 9.10 Å². The molecule has 2 rings (SSSR count). The van der Waals surface area contributed by atoms with Crippen LogP contribution < -0.4 is 9.62 Å². The van der Waals surface area contributed by atoms with Crippen LogP contribution in [0.3, 0.4) is 0 Å². The number of hydrogen-bond donors (Lipinski definition) is 1. The lowest BCUT2D eigenvalue weighted by atomic mass is 10.2. The number of benzene rings is 2. The van der Waals surface area contributed by atoms with Crippen LogP contribution in [0.2, 0.25) is 5.02 Å². The molecule has 146 valence electrons. The van der Waals surface area contributed by atoms with Gasteiger partial charge < -0.3 is 5.32 Å². The van der Waals surface area contributed by atoms with Crippen LogP contribution in [0.25, 0.3) is 0 Å². The van der Waals surface area contributed by atoms with Crippen LogP contribution in [0, 0.1) is 13.8 Å². The molecule has 0 bridgehead atoms. The first-order valence-corrected chi connectivity index (χ1v) is 10.6. The van der Waals surface area contributed by atoms with Crippen molar-refractivity contribution in [2.75, 3.05) is 10.8 Å². The van der Waals surface area contributed by atoms with E-state index < -0.39 is 10.0 Å². The Morgan fingerprint density at radius 1 is 1.15 bits per heavy atom. The molecule has 2 aromatic rings. The Bertz CT molecular complexity index is 911. The maximum absolute atomic E-state index is 13.2. The van der Waals surface area contributed by atoms with Gasteiger partial charge in [0.1, 0.15) is 6.54 Å². The molecule has 7 heteroatoms. The summed E-state index contributed by atoms with van der Waals surface area (Å²) in [5, 5.41) is 3.25. The SMILES string of the molecule is CC[C@H](C)NC(=O)CN(c1ccc(C)c(Cl)c1)S(=O)(=O)c1ccc(C)cc1. The lowest BCUT2D eigenvalue weighted by molar-refractivity contribution is -0.120. The van der Waals surface area contributed by atoms with Gasteiger partial charge in [0.2, 0.25) is 5.91 Å². The Labute approximate surface area is 166 Å². The van der Waals surface area contributed by atoms with Gasteiger partial charge in [-0.25, -0.2) is 8.42 Å². The average molecular weight is 409 g/mol. The summed E-state index contributed by atoms with van der Waals surface area (Å²) in [6, 6.07) is 11.5. The number of carbonyl (C=O) groups is 1. The van der Waals surface area contributed by atoms with E-state index in [9.17, 15) is 13.2 Å². The predicted octanol–water partition coefficient (Wildman–Crippen LogP) is 4.07. The highest BCUT2D eigenvalue weighted by molar-refractivity contribution is 7.92. The second kappa shape index (κ2) is 8.76. The molecule has 1 N–H and O–H groups in total. The van der Waals surface area contributed by atoms with E-state index in [0.717, 1.165) is 21.9 Å². The largest absolute Gasteiger partial charge is 0.352 e. The third kappa shape index (κ3) is 5.23. The lowest BCUT2D eigenvalue weighted by Crippen LogP contribution is -2.43. The maximum atomic E-state index is 13.2. The first-order valence-electron chi connectivity index (χ1n) is 8.80. The molecule has 2 aromatic carbocycles. The third-order valence-corrected chi connectivity index (χ3v) is 6.55. The van der Waals surface area contributed by atoms with Gasteiger partial charge >= 0.3 is 0 Å². The maximum Gasteiger partial charge on any atom is 0.264 e. The molecule has 0 aromatic heterocycles. The van der Waals surface area contributed by atoms with Crippen molar-refractivity contribution in [3.63, 3.8) is 0 Å².